The molecule has 0 saturated heterocycles. The van der Waals surface area contributed by atoms with E-state index >= 15 is 0 Å². The fourth-order valence-corrected chi connectivity index (χ4v) is 2.07. The van der Waals surface area contributed by atoms with E-state index in [0.29, 0.717) is 18.9 Å². The zero-order chi connectivity index (χ0) is 14.3. The van der Waals surface area contributed by atoms with Crippen LogP contribution in [0.3, 0.4) is 0 Å². The molecule has 0 heterocycles. The first-order valence-corrected chi connectivity index (χ1v) is 6.97. The number of benzene rings is 1. The summed E-state index contributed by atoms with van der Waals surface area (Å²) in [5, 5.41) is 12.5. The van der Waals surface area contributed by atoms with Crippen molar-refractivity contribution in [3.05, 3.63) is 35.4 Å². The number of rotatable bonds is 7. The molecule has 0 spiro atoms. The number of aliphatic hydroxyl groups excluding tert-OH is 1. The van der Waals surface area contributed by atoms with Gasteiger partial charge in [0.1, 0.15) is 0 Å². The van der Waals surface area contributed by atoms with Gasteiger partial charge in [-0.3, -0.25) is 4.79 Å². The number of hydrogen-bond acceptors (Lipinski definition) is 2. The number of hydrogen-bond donors (Lipinski definition) is 2. The van der Waals surface area contributed by atoms with Gasteiger partial charge < -0.3 is 10.4 Å². The molecule has 0 aliphatic heterocycles. The fraction of sp³-hybridized carbons (Fsp3) is 0.562. The van der Waals surface area contributed by atoms with Gasteiger partial charge in [0.2, 0.25) is 5.91 Å². The van der Waals surface area contributed by atoms with Gasteiger partial charge in [-0.05, 0) is 31.2 Å². The molecule has 19 heavy (non-hydrogen) atoms. The van der Waals surface area contributed by atoms with Crippen molar-refractivity contribution in [1.29, 1.82) is 0 Å². The van der Waals surface area contributed by atoms with Gasteiger partial charge in [0.15, 0.2) is 0 Å². The van der Waals surface area contributed by atoms with Gasteiger partial charge >= 0.3 is 0 Å². The van der Waals surface area contributed by atoms with E-state index < -0.39 is 6.10 Å². The normalized spacial score (nSPS) is 12.5. The van der Waals surface area contributed by atoms with Crippen LogP contribution in [0.2, 0.25) is 0 Å². The van der Waals surface area contributed by atoms with Crippen molar-refractivity contribution < 1.29 is 9.90 Å². The molecule has 0 saturated carbocycles. The summed E-state index contributed by atoms with van der Waals surface area (Å²) in [7, 11) is 0. The van der Waals surface area contributed by atoms with Crippen LogP contribution in [0.1, 0.15) is 37.8 Å². The monoisotopic (exact) mass is 263 g/mol. The van der Waals surface area contributed by atoms with Crippen LogP contribution in [0, 0.1) is 12.8 Å². The Morgan fingerprint density at radius 1 is 1.37 bits per heavy atom. The molecule has 1 unspecified atom stereocenters. The highest BCUT2D eigenvalue weighted by atomic mass is 16.3. The van der Waals surface area contributed by atoms with E-state index in [9.17, 15) is 9.90 Å². The third kappa shape index (κ3) is 6.97. The molecule has 0 fully saturated rings. The molecule has 1 aromatic carbocycles. The van der Waals surface area contributed by atoms with Gasteiger partial charge in [-0.25, -0.2) is 0 Å². The zero-order valence-electron chi connectivity index (χ0n) is 12.1. The van der Waals surface area contributed by atoms with Crippen molar-refractivity contribution in [2.24, 2.45) is 5.92 Å². The van der Waals surface area contributed by atoms with Crippen LogP contribution in [0.5, 0.6) is 0 Å². The molecule has 1 aromatic rings. The minimum absolute atomic E-state index is 0.00399. The lowest BCUT2D eigenvalue weighted by atomic mass is 10.1. The smallest absolute Gasteiger partial charge is 0.220 e. The molecule has 0 radical (unpaired) electrons. The topological polar surface area (TPSA) is 49.3 Å². The Morgan fingerprint density at radius 2 is 2.11 bits per heavy atom. The highest BCUT2D eigenvalue weighted by Crippen LogP contribution is 2.07. The molecule has 3 nitrogen and oxygen atoms in total. The van der Waals surface area contributed by atoms with Gasteiger partial charge in [-0.2, -0.15) is 0 Å². The molecule has 1 rings (SSSR count). The number of nitrogens with one attached hydrogen (secondary N) is 1. The molecular weight excluding hydrogens is 238 g/mol. The van der Waals surface area contributed by atoms with E-state index in [4.69, 9.17) is 0 Å². The van der Waals surface area contributed by atoms with Crippen molar-refractivity contribution in [2.45, 2.75) is 46.1 Å². The van der Waals surface area contributed by atoms with Crippen LogP contribution in [-0.2, 0) is 11.2 Å². The molecule has 106 valence electrons. The molecule has 0 bridgehead atoms. The van der Waals surface area contributed by atoms with Crippen LogP contribution in [0.25, 0.3) is 0 Å². The van der Waals surface area contributed by atoms with Crippen LogP contribution < -0.4 is 5.32 Å². The van der Waals surface area contributed by atoms with Gasteiger partial charge in [0, 0.05) is 13.0 Å². The Morgan fingerprint density at radius 3 is 2.74 bits per heavy atom. The zero-order valence-corrected chi connectivity index (χ0v) is 12.1. The summed E-state index contributed by atoms with van der Waals surface area (Å²) in [5.74, 6) is 0.448. The maximum atomic E-state index is 11.7. The summed E-state index contributed by atoms with van der Waals surface area (Å²) < 4.78 is 0. The predicted octanol–water partition coefficient (Wildman–Crippen LogP) is 2.45. The molecule has 2 N–H and O–H groups in total. The molecule has 0 aliphatic carbocycles. The minimum atomic E-state index is -0.442. The Kier molecular flexibility index (Phi) is 6.57. The van der Waals surface area contributed by atoms with Crippen LogP contribution in [-0.4, -0.2) is 23.7 Å². The number of aryl methyl sites for hydroxylation is 2. The average molecular weight is 263 g/mol. The number of aliphatic hydroxyl groups is 1. The van der Waals surface area contributed by atoms with Crippen molar-refractivity contribution >= 4 is 5.91 Å². The van der Waals surface area contributed by atoms with Crippen molar-refractivity contribution in [3.8, 4) is 0 Å². The number of carbonyl (C=O) groups excluding carboxylic acids is 1. The second-order valence-electron chi connectivity index (χ2n) is 5.58. The van der Waals surface area contributed by atoms with E-state index in [-0.39, 0.29) is 5.91 Å². The van der Waals surface area contributed by atoms with Gasteiger partial charge in [-0.15, -0.1) is 0 Å². The van der Waals surface area contributed by atoms with Crippen LogP contribution in [0.4, 0.5) is 0 Å². The summed E-state index contributed by atoms with van der Waals surface area (Å²) >= 11 is 0. The summed E-state index contributed by atoms with van der Waals surface area (Å²) in [5.41, 5.74) is 2.39. The first kappa shape index (κ1) is 15.7. The van der Waals surface area contributed by atoms with Gasteiger partial charge in [0.05, 0.1) is 6.10 Å². The molecular formula is C16H25NO2. The van der Waals surface area contributed by atoms with E-state index in [1.807, 2.05) is 25.1 Å². The predicted molar refractivity (Wildman–Crippen MR) is 78.0 cm³/mol. The summed E-state index contributed by atoms with van der Waals surface area (Å²) in [6, 6.07) is 8.19. The minimum Gasteiger partial charge on any atom is -0.391 e. The Bertz CT molecular complexity index is 401. The first-order chi connectivity index (χ1) is 8.97. The summed E-state index contributed by atoms with van der Waals surface area (Å²) in [6.45, 7) is 6.52. The second-order valence-corrected chi connectivity index (χ2v) is 5.58. The maximum absolute atomic E-state index is 11.7. The number of carbonyl (C=O) groups is 1. The standard InChI is InChI=1S/C16H25NO2/c1-12(2)9-15(18)11-17-16(19)8-7-14-6-4-5-13(3)10-14/h4-6,10,12,15,18H,7-9,11H2,1-3H3,(H,17,19). The lowest BCUT2D eigenvalue weighted by molar-refractivity contribution is -0.121. The summed E-state index contributed by atoms with van der Waals surface area (Å²) in [6.07, 6.45) is 1.49. The highest BCUT2D eigenvalue weighted by molar-refractivity contribution is 5.76. The van der Waals surface area contributed by atoms with E-state index in [0.717, 1.165) is 12.8 Å². The Hall–Kier alpha value is -1.35. The molecule has 1 amide bonds. The molecule has 1 atom stereocenters. The Balaban J connectivity index is 2.25. The second kappa shape index (κ2) is 7.95. The maximum Gasteiger partial charge on any atom is 0.220 e. The van der Waals surface area contributed by atoms with Crippen molar-refractivity contribution in [1.82, 2.24) is 5.32 Å². The molecule has 3 heteroatoms. The van der Waals surface area contributed by atoms with E-state index in [1.165, 1.54) is 11.1 Å². The number of amides is 1. The lowest BCUT2D eigenvalue weighted by Gasteiger charge is -2.13. The lowest BCUT2D eigenvalue weighted by Crippen LogP contribution is -2.32. The molecule has 0 aromatic heterocycles. The average Bonchev–Trinajstić information content (AvgIpc) is 2.33. The quantitative estimate of drug-likeness (QED) is 0.794. The van der Waals surface area contributed by atoms with Crippen molar-refractivity contribution in [2.75, 3.05) is 6.54 Å². The van der Waals surface area contributed by atoms with E-state index in [1.54, 1.807) is 0 Å². The SMILES string of the molecule is Cc1cccc(CCC(=O)NCC(O)CC(C)C)c1. The van der Waals surface area contributed by atoms with E-state index in [2.05, 4.69) is 25.2 Å². The third-order valence-electron chi connectivity index (χ3n) is 3.00. The fourth-order valence-electron chi connectivity index (χ4n) is 2.07. The van der Waals surface area contributed by atoms with Crippen LogP contribution >= 0.6 is 0 Å². The molecule has 0 aliphatic rings. The summed E-state index contributed by atoms with van der Waals surface area (Å²) in [4.78, 5) is 11.7. The first-order valence-electron chi connectivity index (χ1n) is 6.97. The Labute approximate surface area is 116 Å². The highest BCUT2D eigenvalue weighted by Gasteiger charge is 2.09. The van der Waals surface area contributed by atoms with Gasteiger partial charge in [-0.1, -0.05) is 43.7 Å². The van der Waals surface area contributed by atoms with Gasteiger partial charge in [0.25, 0.3) is 0 Å². The van der Waals surface area contributed by atoms with Crippen molar-refractivity contribution in [3.63, 3.8) is 0 Å². The van der Waals surface area contributed by atoms with Crippen LogP contribution in [0.15, 0.2) is 24.3 Å². The largest absolute Gasteiger partial charge is 0.391 e. The third-order valence-corrected chi connectivity index (χ3v) is 3.00.